The molecule has 0 saturated carbocycles. The van der Waals surface area contributed by atoms with Crippen LogP contribution in [0.4, 0.5) is 10.9 Å². The number of anilines is 2. The second-order valence-corrected chi connectivity index (χ2v) is 4.76. The van der Waals surface area contributed by atoms with Crippen molar-refractivity contribution in [2.45, 2.75) is 6.42 Å². The van der Waals surface area contributed by atoms with E-state index in [1.54, 1.807) is 11.9 Å². The lowest BCUT2D eigenvalue weighted by Gasteiger charge is -2.05. The van der Waals surface area contributed by atoms with Gasteiger partial charge in [0.15, 0.2) is 5.13 Å². The first-order chi connectivity index (χ1) is 8.45. The van der Waals surface area contributed by atoms with E-state index in [2.05, 4.69) is 15.6 Å². The van der Waals surface area contributed by atoms with Crippen molar-refractivity contribution < 1.29 is 9.59 Å². The first-order valence-electron chi connectivity index (χ1n) is 5.38. The first-order valence-corrected chi connectivity index (χ1v) is 6.19. The average molecular weight is 271 g/mol. The second kappa shape index (κ2) is 6.20. The van der Waals surface area contributed by atoms with Crippen LogP contribution in [0.25, 0.3) is 0 Å². The van der Waals surface area contributed by atoms with Crippen molar-refractivity contribution in [3.8, 4) is 0 Å². The van der Waals surface area contributed by atoms with Gasteiger partial charge in [0.1, 0.15) is 10.7 Å². The van der Waals surface area contributed by atoms with Gasteiger partial charge in [-0.3, -0.25) is 9.59 Å². The third kappa shape index (κ3) is 3.59. The maximum absolute atomic E-state index is 11.8. The van der Waals surface area contributed by atoms with Gasteiger partial charge in [0, 0.05) is 34.1 Å². The summed E-state index contributed by atoms with van der Waals surface area (Å²) in [7, 11) is 5.20. The molecule has 0 aromatic carbocycles. The zero-order valence-corrected chi connectivity index (χ0v) is 11.4. The predicted octanol–water partition coefficient (Wildman–Crippen LogP) is -0.343. The van der Waals surface area contributed by atoms with Gasteiger partial charge >= 0.3 is 0 Å². The average Bonchev–Trinajstić information content (AvgIpc) is 2.71. The highest BCUT2D eigenvalue weighted by Crippen LogP contribution is 2.26. The van der Waals surface area contributed by atoms with Gasteiger partial charge in [0.25, 0.3) is 5.91 Å². The number of rotatable bonds is 5. The summed E-state index contributed by atoms with van der Waals surface area (Å²) in [6, 6.07) is 0. The van der Waals surface area contributed by atoms with E-state index in [9.17, 15) is 9.59 Å². The number of carbonyl (C=O) groups is 2. The number of nitrogen functional groups attached to an aromatic ring is 1. The van der Waals surface area contributed by atoms with E-state index in [-0.39, 0.29) is 30.6 Å². The molecule has 18 heavy (non-hydrogen) atoms. The third-order valence-electron chi connectivity index (χ3n) is 2.15. The van der Waals surface area contributed by atoms with Crippen molar-refractivity contribution in [1.29, 1.82) is 0 Å². The van der Waals surface area contributed by atoms with Crippen LogP contribution in [-0.4, -0.2) is 44.5 Å². The fourth-order valence-corrected chi connectivity index (χ4v) is 1.99. The van der Waals surface area contributed by atoms with Crippen molar-refractivity contribution in [2.24, 2.45) is 0 Å². The van der Waals surface area contributed by atoms with E-state index < -0.39 is 0 Å². The molecule has 0 aliphatic carbocycles. The lowest BCUT2D eigenvalue weighted by atomic mass is 10.4. The number of nitrogens with two attached hydrogens (primary N) is 1. The van der Waals surface area contributed by atoms with Gasteiger partial charge in [0.05, 0.1) is 0 Å². The number of aromatic nitrogens is 1. The summed E-state index contributed by atoms with van der Waals surface area (Å²) in [5.41, 5.74) is 5.67. The number of amides is 2. The highest BCUT2D eigenvalue weighted by atomic mass is 32.1. The van der Waals surface area contributed by atoms with Gasteiger partial charge in [-0.05, 0) is 0 Å². The molecule has 0 bridgehead atoms. The minimum atomic E-state index is -0.304. The van der Waals surface area contributed by atoms with Gasteiger partial charge in [-0.2, -0.15) is 0 Å². The Labute approximate surface area is 109 Å². The molecular formula is C10H17N5O2S. The van der Waals surface area contributed by atoms with Gasteiger partial charge < -0.3 is 21.3 Å². The third-order valence-corrected chi connectivity index (χ3v) is 3.39. The topological polar surface area (TPSA) is 100 Å². The highest BCUT2D eigenvalue weighted by molar-refractivity contribution is 7.18. The molecule has 7 nitrogen and oxygen atoms in total. The Kier molecular flexibility index (Phi) is 4.90. The molecule has 0 radical (unpaired) electrons. The Balaban J connectivity index is 2.59. The van der Waals surface area contributed by atoms with Crippen LogP contribution in [0.2, 0.25) is 0 Å². The predicted molar refractivity (Wildman–Crippen MR) is 71.9 cm³/mol. The minimum Gasteiger partial charge on any atom is -0.382 e. The van der Waals surface area contributed by atoms with Crippen molar-refractivity contribution in [3.63, 3.8) is 0 Å². The molecule has 1 heterocycles. The lowest BCUT2D eigenvalue weighted by Crippen LogP contribution is -2.29. The molecule has 0 fully saturated rings. The van der Waals surface area contributed by atoms with Crippen molar-refractivity contribution >= 4 is 34.1 Å². The Morgan fingerprint density at radius 3 is 2.61 bits per heavy atom. The number of thiazole rings is 1. The summed E-state index contributed by atoms with van der Waals surface area (Å²) in [6.45, 7) is 0.271. The molecule has 8 heteroatoms. The van der Waals surface area contributed by atoms with Crippen LogP contribution >= 0.6 is 11.3 Å². The number of hydrogen-bond donors (Lipinski definition) is 3. The maximum atomic E-state index is 11.8. The maximum Gasteiger partial charge on any atom is 0.265 e. The monoisotopic (exact) mass is 271 g/mol. The summed E-state index contributed by atoms with van der Waals surface area (Å²) in [4.78, 5) is 29.0. The molecular weight excluding hydrogens is 254 g/mol. The van der Waals surface area contributed by atoms with Crippen LogP contribution in [0.5, 0.6) is 0 Å². The Bertz CT molecular complexity index is 443. The molecule has 1 aromatic heterocycles. The molecule has 4 N–H and O–H groups in total. The summed E-state index contributed by atoms with van der Waals surface area (Å²) < 4.78 is 0. The van der Waals surface area contributed by atoms with Crippen LogP contribution in [0.1, 0.15) is 16.1 Å². The van der Waals surface area contributed by atoms with Crippen LogP contribution in [0, 0.1) is 0 Å². The zero-order valence-electron chi connectivity index (χ0n) is 10.6. The zero-order chi connectivity index (χ0) is 13.7. The highest BCUT2D eigenvalue weighted by Gasteiger charge is 2.16. The van der Waals surface area contributed by atoms with Crippen LogP contribution < -0.4 is 21.3 Å². The Morgan fingerprint density at radius 2 is 2.11 bits per heavy atom. The normalized spacial score (nSPS) is 9.94. The van der Waals surface area contributed by atoms with Crippen molar-refractivity contribution in [3.05, 3.63) is 4.88 Å². The molecule has 0 unspecified atom stereocenters. The second-order valence-electron chi connectivity index (χ2n) is 3.78. The van der Waals surface area contributed by atoms with Gasteiger partial charge in [-0.1, -0.05) is 11.3 Å². The van der Waals surface area contributed by atoms with Crippen LogP contribution in [-0.2, 0) is 4.79 Å². The van der Waals surface area contributed by atoms with E-state index in [1.807, 2.05) is 14.1 Å². The molecule has 100 valence electrons. The molecule has 0 aliphatic heterocycles. The summed E-state index contributed by atoms with van der Waals surface area (Å²) in [5, 5.41) is 5.78. The van der Waals surface area contributed by atoms with Gasteiger partial charge in [0.2, 0.25) is 5.91 Å². The Morgan fingerprint density at radius 1 is 1.44 bits per heavy atom. The smallest absolute Gasteiger partial charge is 0.265 e. The van der Waals surface area contributed by atoms with E-state index in [1.165, 1.54) is 11.3 Å². The summed E-state index contributed by atoms with van der Waals surface area (Å²) in [5.74, 6) is -0.218. The first kappa shape index (κ1) is 14.2. The van der Waals surface area contributed by atoms with Crippen LogP contribution in [0.3, 0.4) is 0 Å². The van der Waals surface area contributed by atoms with E-state index in [0.717, 1.165) is 0 Å². The molecule has 2 amide bonds. The number of nitrogens with one attached hydrogen (secondary N) is 2. The standard InChI is InChI=1S/C10H17N5O2S/c1-12-6(16)4-5-13-9(17)7-8(11)14-10(18-7)15(2)3/h4-5,11H2,1-3H3,(H,12,16)(H,13,17). The lowest BCUT2D eigenvalue weighted by molar-refractivity contribution is -0.120. The van der Waals surface area contributed by atoms with Gasteiger partial charge in [-0.15, -0.1) is 0 Å². The van der Waals surface area contributed by atoms with E-state index >= 15 is 0 Å². The quantitative estimate of drug-likeness (QED) is 0.680. The van der Waals surface area contributed by atoms with E-state index in [0.29, 0.717) is 10.0 Å². The molecule has 1 aromatic rings. The molecule has 0 aliphatic rings. The van der Waals surface area contributed by atoms with Gasteiger partial charge in [-0.25, -0.2) is 4.98 Å². The number of nitrogens with zero attached hydrogens (tertiary/aromatic N) is 2. The number of hydrogen-bond acceptors (Lipinski definition) is 6. The fourth-order valence-electron chi connectivity index (χ4n) is 1.17. The Hall–Kier alpha value is -1.83. The molecule has 0 spiro atoms. The van der Waals surface area contributed by atoms with Crippen molar-refractivity contribution in [2.75, 3.05) is 38.3 Å². The molecule has 0 saturated heterocycles. The fraction of sp³-hybridized carbons (Fsp3) is 0.500. The number of carbonyl (C=O) groups excluding carboxylic acids is 2. The van der Waals surface area contributed by atoms with E-state index in [4.69, 9.17) is 5.73 Å². The summed E-state index contributed by atoms with van der Waals surface area (Å²) >= 11 is 1.22. The molecule has 0 atom stereocenters. The largest absolute Gasteiger partial charge is 0.382 e. The molecule has 1 rings (SSSR count). The van der Waals surface area contributed by atoms with Crippen molar-refractivity contribution in [1.82, 2.24) is 15.6 Å². The SMILES string of the molecule is CNC(=O)CCNC(=O)c1sc(N(C)C)nc1N. The van der Waals surface area contributed by atoms with Crippen LogP contribution in [0.15, 0.2) is 0 Å². The minimum absolute atomic E-state index is 0.124. The summed E-state index contributed by atoms with van der Waals surface area (Å²) in [6.07, 6.45) is 0.238.